The van der Waals surface area contributed by atoms with E-state index in [1.54, 1.807) is 44.6 Å². The van der Waals surface area contributed by atoms with E-state index in [4.69, 9.17) is 19.3 Å². The number of carboxylic acids is 1. The lowest BCUT2D eigenvalue weighted by Crippen LogP contribution is -2.32. The first-order valence-electron chi connectivity index (χ1n) is 12.6. The third kappa shape index (κ3) is 7.61. The average molecular weight is 526 g/mol. The third-order valence-corrected chi connectivity index (χ3v) is 6.26. The van der Waals surface area contributed by atoms with Gasteiger partial charge in [-0.25, -0.2) is 4.79 Å². The molecule has 4 aromatic rings. The molecule has 39 heavy (non-hydrogen) atoms. The van der Waals surface area contributed by atoms with Crippen molar-refractivity contribution >= 4 is 11.9 Å². The zero-order valence-electron chi connectivity index (χ0n) is 22.0. The minimum Gasteiger partial charge on any atom is -0.497 e. The number of hydrogen-bond acceptors (Lipinski definition) is 5. The Kier molecular flexibility index (Phi) is 9.19. The highest BCUT2D eigenvalue weighted by Crippen LogP contribution is 2.26. The second-order valence-corrected chi connectivity index (χ2v) is 8.99. The van der Waals surface area contributed by atoms with Gasteiger partial charge in [0.1, 0.15) is 23.0 Å². The number of aromatic carboxylic acids is 1. The number of amides is 1. The molecule has 0 fully saturated rings. The molecule has 0 aliphatic rings. The molecule has 0 radical (unpaired) electrons. The first kappa shape index (κ1) is 27.3. The maximum Gasteiger partial charge on any atom is 0.335 e. The monoisotopic (exact) mass is 525 g/mol. The normalized spacial score (nSPS) is 10.5. The van der Waals surface area contributed by atoms with E-state index in [9.17, 15) is 9.59 Å². The maximum atomic E-state index is 13.7. The molecule has 0 aromatic heterocycles. The van der Waals surface area contributed by atoms with Crippen LogP contribution in [0.15, 0.2) is 97.1 Å². The molecule has 1 amide bonds. The van der Waals surface area contributed by atoms with E-state index in [1.165, 1.54) is 17.7 Å². The van der Waals surface area contributed by atoms with Crippen molar-refractivity contribution in [3.8, 4) is 23.0 Å². The van der Waals surface area contributed by atoms with Crippen molar-refractivity contribution in [1.82, 2.24) is 4.90 Å². The number of nitrogens with zero attached hydrogens (tertiary/aromatic N) is 1. The number of ether oxygens (including phenoxy) is 3. The van der Waals surface area contributed by atoms with Gasteiger partial charge in [0, 0.05) is 24.7 Å². The fourth-order valence-electron chi connectivity index (χ4n) is 4.17. The molecule has 7 nitrogen and oxygen atoms in total. The van der Waals surface area contributed by atoms with Crippen molar-refractivity contribution < 1.29 is 28.9 Å². The van der Waals surface area contributed by atoms with Crippen LogP contribution in [0.25, 0.3) is 0 Å². The highest BCUT2D eigenvalue weighted by atomic mass is 16.5. The molecule has 0 aliphatic heterocycles. The first-order valence-corrected chi connectivity index (χ1v) is 12.6. The highest BCUT2D eigenvalue weighted by Gasteiger charge is 2.18. The molecule has 0 spiro atoms. The summed E-state index contributed by atoms with van der Waals surface area (Å²) in [5, 5.41) is 9.06. The standard InChI is InChI=1S/C32H31NO6/c1-37-29-19-26(20-30(21-29)38-2)31(34)33(18-6-9-23-7-4-3-5-8-23)22-24-10-14-27(15-11-24)39-28-16-12-25(13-17-28)32(35)36/h3-5,7-8,10-17,19-21H,6,9,18,22H2,1-2H3,(H,35,36). The van der Waals surface area contributed by atoms with E-state index >= 15 is 0 Å². The molecule has 0 saturated heterocycles. The number of carbonyl (C=O) groups is 2. The molecule has 0 bridgehead atoms. The number of hydrogen-bond donors (Lipinski definition) is 1. The van der Waals surface area contributed by atoms with Crippen LogP contribution in [0.1, 0.15) is 38.3 Å². The molecule has 200 valence electrons. The van der Waals surface area contributed by atoms with Crippen LogP contribution in [0.4, 0.5) is 0 Å². The van der Waals surface area contributed by atoms with Crippen LogP contribution in [0.3, 0.4) is 0 Å². The van der Waals surface area contributed by atoms with Crippen LogP contribution in [-0.4, -0.2) is 42.6 Å². The summed E-state index contributed by atoms with van der Waals surface area (Å²) in [7, 11) is 3.12. The van der Waals surface area contributed by atoms with Gasteiger partial charge in [0.05, 0.1) is 19.8 Å². The molecule has 0 heterocycles. The smallest absolute Gasteiger partial charge is 0.335 e. The average Bonchev–Trinajstić information content (AvgIpc) is 2.97. The molecule has 0 saturated carbocycles. The summed E-state index contributed by atoms with van der Waals surface area (Å²) >= 11 is 0. The Bertz CT molecular complexity index is 1360. The molecule has 0 aliphatic carbocycles. The van der Waals surface area contributed by atoms with E-state index in [2.05, 4.69) is 12.1 Å². The fraction of sp³-hybridized carbons (Fsp3) is 0.188. The van der Waals surface area contributed by atoms with E-state index in [0.29, 0.717) is 41.7 Å². The first-order chi connectivity index (χ1) is 18.9. The molecule has 0 atom stereocenters. The minimum atomic E-state index is -0.985. The zero-order chi connectivity index (χ0) is 27.6. The van der Waals surface area contributed by atoms with Gasteiger partial charge < -0.3 is 24.2 Å². The van der Waals surface area contributed by atoms with Crippen molar-refractivity contribution in [2.45, 2.75) is 19.4 Å². The second kappa shape index (κ2) is 13.1. The van der Waals surface area contributed by atoms with Crippen molar-refractivity contribution in [3.63, 3.8) is 0 Å². The largest absolute Gasteiger partial charge is 0.497 e. The number of aryl methyl sites for hydroxylation is 1. The quantitative estimate of drug-likeness (QED) is 0.228. The third-order valence-electron chi connectivity index (χ3n) is 6.26. The predicted octanol–water partition coefficient (Wildman–Crippen LogP) is 6.47. The zero-order valence-corrected chi connectivity index (χ0v) is 22.0. The van der Waals surface area contributed by atoms with E-state index in [0.717, 1.165) is 18.4 Å². The lowest BCUT2D eigenvalue weighted by atomic mass is 10.1. The number of carboxylic acid groups (broad SMARTS) is 1. The van der Waals surface area contributed by atoms with Crippen LogP contribution in [0.5, 0.6) is 23.0 Å². The van der Waals surface area contributed by atoms with Gasteiger partial charge in [-0.2, -0.15) is 0 Å². The summed E-state index contributed by atoms with van der Waals surface area (Å²) in [6.45, 7) is 0.988. The van der Waals surface area contributed by atoms with Crippen LogP contribution in [-0.2, 0) is 13.0 Å². The Morgan fingerprint density at radius 3 is 1.85 bits per heavy atom. The summed E-state index contributed by atoms with van der Waals surface area (Å²) in [4.78, 5) is 26.5. The molecule has 7 heteroatoms. The van der Waals surface area contributed by atoms with E-state index in [1.807, 2.05) is 47.4 Å². The van der Waals surface area contributed by atoms with Gasteiger partial charge in [-0.05, 0) is 72.5 Å². The Hall–Kier alpha value is -4.78. The van der Waals surface area contributed by atoms with Gasteiger partial charge in [0.2, 0.25) is 0 Å². The van der Waals surface area contributed by atoms with Gasteiger partial charge >= 0.3 is 5.97 Å². The van der Waals surface area contributed by atoms with Gasteiger partial charge in [0.25, 0.3) is 5.91 Å². The fourth-order valence-corrected chi connectivity index (χ4v) is 4.17. The second-order valence-electron chi connectivity index (χ2n) is 8.99. The molecular formula is C32H31NO6. The van der Waals surface area contributed by atoms with Crippen LogP contribution in [0, 0.1) is 0 Å². The van der Waals surface area contributed by atoms with Crippen molar-refractivity contribution in [3.05, 3.63) is 119 Å². The SMILES string of the molecule is COc1cc(OC)cc(C(=O)N(CCCc2ccccc2)Cc2ccc(Oc3ccc(C(=O)O)cc3)cc2)c1. The molecule has 4 aromatic carbocycles. The molecule has 4 rings (SSSR count). The number of methoxy groups -OCH3 is 2. The van der Waals surface area contributed by atoms with Crippen LogP contribution >= 0.6 is 0 Å². The Morgan fingerprint density at radius 1 is 0.692 bits per heavy atom. The Labute approximate surface area is 228 Å². The van der Waals surface area contributed by atoms with E-state index in [-0.39, 0.29) is 11.5 Å². The summed E-state index contributed by atoms with van der Waals surface area (Å²) in [6, 6.07) is 29.1. The minimum absolute atomic E-state index is 0.112. The van der Waals surface area contributed by atoms with Gasteiger partial charge in [-0.15, -0.1) is 0 Å². The highest BCUT2D eigenvalue weighted by molar-refractivity contribution is 5.95. The van der Waals surface area contributed by atoms with Crippen molar-refractivity contribution in [2.75, 3.05) is 20.8 Å². The van der Waals surface area contributed by atoms with Gasteiger partial charge in [-0.3, -0.25) is 4.79 Å². The number of rotatable bonds is 12. The van der Waals surface area contributed by atoms with Crippen LogP contribution in [0.2, 0.25) is 0 Å². The lowest BCUT2D eigenvalue weighted by Gasteiger charge is -2.24. The number of carbonyl (C=O) groups excluding carboxylic acids is 1. The van der Waals surface area contributed by atoms with Gasteiger partial charge in [0.15, 0.2) is 0 Å². The topological polar surface area (TPSA) is 85.3 Å². The molecular weight excluding hydrogens is 494 g/mol. The maximum absolute atomic E-state index is 13.7. The number of benzene rings is 4. The summed E-state index contributed by atoms with van der Waals surface area (Å²) < 4.78 is 16.6. The van der Waals surface area contributed by atoms with Crippen LogP contribution < -0.4 is 14.2 Å². The molecule has 1 N–H and O–H groups in total. The van der Waals surface area contributed by atoms with Gasteiger partial charge in [-0.1, -0.05) is 42.5 Å². The predicted molar refractivity (Wildman–Crippen MR) is 149 cm³/mol. The van der Waals surface area contributed by atoms with E-state index < -0.39 is 5.97 Å². The summed E-state index contributed by atoms with van der Waals surface area (Å²) in [5.41, 5.74) is 2.87. The Morgan fingerprint density at radius 2 is 1.28 bits per heavy atom. The molecule has 0 unspecified atom stereocenters. The van der Waals surface area contributed by atoms with Crippen molar-refractivity contribution in [1.29, 1.82) is 0 Å². The lowest BCUT2D eigenvalue weighted by molar-refractivity contribution is 0.0695. The van der Waals surface area contributed by atoms with Crippen molar-refractivity contribution in [2.24, 2.45) is 0 Å². The Balaban J connectivity index is 1.49. The summed E-state index contributed by atoms with van der Waals surface area (Å²) in [5.74, 6) is 1.17. The summed E-state index contributed by atoms with van der Waals surface area (Å²) in [6.07, 6.45) is 1.67.